The lowest BCUT2D eigenvalue weighted by Crippen LogP contribution is -2.35. The van der Waals surface area contributed by atoms with Gasteiger partial charge in [0.25, 0.3) is 15.9 Å². The maximum absolute atomic E-state index is 13.1. The Bertz CT molecular complexity index is 1130. The third-order valence-electron chi connectivity index (χ3n) is 4.83. The van der Waals surface area contributed by atoms with E-state index in [-0.39, 0.29) is 33.7 Å². The van der Waals surface area contributed by atoms with Gasteiger partial charge in [0.15, 0.2) is 5.76 Å². The molecule has 1 heterocycles. The van der Waals surface area contributed by atoms with E-state index in [0.29, 0.717) is 5.56 Å². The third-order valence-corrected chi connectivity index (χ3v) is 6.65. The van der Waals surface area contributed by atoms with Crippen molar-refractivity contribution in [3.63, 3.8) is 0 Å². The van der Waals surface area contributed by atoms with Crippen molar-refractivity contribution in [2.45, 2.75) is 23.8 Å². The van der Waals surface area contributed by atoms with Gasteiger partial charge in [-0.2, -0.15) is 0 Å². The zero-order valence-electron chi connectivity index (χ0n) is 15.0. The largest absolute Gasteiger partial charge is 0.505 e. The molecule has 1 aliphatic heterocycles. The van der Waals surface area contributed by atoms with Crippen LogP contribution < -0.4 is 5.32 Å². The summed E-state index contributed by atoms with van der Waals surface area (Å²) in [5, 5.41) is 13.5. The lowest BCUT2D eigenvalue weighted by molar-refractivity contribution is 0.0951. The average molecular weight is 398 g/mol. The minimum absolute atomic E-state index is 0.0656. The van der Waals surface area contributed by atoms with Crippen molar-refractivity contribution in [2.75, 3.05) is 7.05 Å². The lowest BCUT2D eigenvalue weighted by atomic mass is 10.0. The second kappa shape index (κ2) is 6.49. The molecule has 1 saturated carbocycles. The number of ketones is 1. The van der Waals surface area contributed by atoms with Crippen LogP contribution in [0.25, 0.3) is 5.76 Å². The molecule has 0 radical (unpaired) electrons. The minimum atomic E-state index is -3.97. The summed E-state index contributed by atoms with van der Waals surface area (Å²) in [6.07, 6.45) is 1.88. The summed E-state index contributed by atoms with van der Waals surface area (Å²) >= 11 is 0. The molecule has 28 heavy (non-hydrogen) atoms. The predicted molar refractivity (Wildman–Crippen MR) is 102 cm³/mol. The van der Waals surface area contributed by atoms with Gasteiger partial charge in [-0.05, 0) is 37.1 Å². The number of nitrogens with zero attached hydrogens (tertiary/aromatic N) is 1. The first kappa shape index (κ1) is 18.2. The number of hydrogen-bond donors (Lipinski definition) is 2. The number of rotatable bonds is 4. The van der Waals surface area contributed by atoms with E-state index in [0.717, 1.165) is 17.1 Å². The van der Waals surface area contributed by atoms with Crippen molar-refractivity contribution in [2.24, 2.45) is 0 Å². The van der Waals surface area contributed by atoms with Crippen LogP contribution in [0.2, 0.25) is 0 Å². The fraction of sp³-hybridized carbons (Fsp3) is 0.200. The summed E-state index contributed by atoms with van der Waals surface area (Å²) in [6.45, 7) is 0. The summed E-state index contributed by atoms with van der Waals surface area (Å²) in [5.74, 6) is -1.38. The second-order valence-electron chi connectivity index (χ2n) is 6.82. The van der Waals surface area contributed by atoms with E-state index < -0.39 is 21.6 Å². The first-order chi connectivity index (χ1) is 13.3. The lowest BCUT2D eigenvalue weighted by Gasteiger charge is -2.28. The Morgan fingerprint density at radius 3 is 2.46 bits per heavy atom. The van der Waals surface area contributed by atoms with E-state index in [9.17, 15) is 23.1 Å². The van der Waals surface area contributed by atoms with Gasteiger partial charge in [0.1, 0.15) is 5.70 Å². The van der Waals surface area contributed by atoms with Crippen LogP contribution in [-0.4, -0.2) is 42.6 Å². The van der Waals surface area contributed by atoms with Crippen molar-refractivity contribution < 1.29 is 23.1 Å². The SMILES string of the molecule is CN1C(C(=O)c2cccc(C(=O)NC3CC3)c2)=C(O)c2ccccc2S1(=O)=O. The first-order valence-corrected chi connectivity index (χ1v) is 10.2. The molecule has 1 fully saturated rings. The van der Waals surface area contributed by atoms with Crippen LogP contribution in [0, 0.1) is 0 Å². The van der Waals surface area contributed by atoms with Gasteiger partial charge in [0, 0.05) is 29.8 Å². The molecule has 2 aliphatic rings. The highest BCUT2D eigenvalue weighted by molar-refractivity contribution is 7.89. The molecule has 0 unspecified atom stereocenters. The Kier molecular flexibility index (Phi) is 4.23. The molecule has 2 N–H and O–H groups in total. The molecule has 2 aromatic carbocycles. The smallest absolute Gasteiger partial charge is 0.265 e. The highest BCUT2D eigenvalue weighted by atomic mass is 32.2. The molecule has 1 aliphatic carbocycles. The van der Waals surface area contributed by atoms with Crippen molar-refractivity contribution in [3.8, 4) is 0 Å². The van der Waals surface area contributed by atoms with E-state index in [2.05, 4.69) is 5.32 Å². The van der Waals surface area contributed by atoms with Crippen molar-refractivity contribution in [1.29, 1.82) is 0 Å². The number of benzene rings is 2. The van der Waals surface area contributed by atoms with Crippen LogP contribution in [0.5, 0.6) is 0 Å². The van der Waals surface area contributed by atoms with Gasteiger partial charge in [-0.3, -0.25) is 13.9 Å². The number of hydrogen-bond acceptors (Lipinski definition) is 5. The number of carbonyl (C=O) groups is 2. The zero-order valence-corrected chi connectivity index (χ0v) is 15.9. The van der Waals surface area contributed by atoms with Crippen LogP contribution in [0.15, 0.2) is 59.1 Å². The molecule has 7 nitrogen and oxygen atoms in total. The van der Waals surface area contributed by atoms with E-state index in [1.165, 1.54) is 31.3 Å². The molecular formula is C20H18N2O5S. The normalized spacial score (nSPS) is 17.8. The van der Waals surface area contributed by atoms with Crippen LogP contribution in [0.3, 0.4) is 0 Å². The van der Waals surface area contributed by atoms with Gasteiger partial charge in [0.05, 0.1) is 4.90 Å². The topological polar surface area (TPSA) is 104 Å². The fourth-order valence-corrected chi connectivity index (χ4v) is 4.51. The summed E-state index contributed by atoms with van der Waals surface area (Å²) in [6, 6.07) is 12.1. The van der Waals surface area contributed by atoms with Gasteiger partial charge in [0.2, 0.25) is 5.78 Å². The summed E-state index contributed by atoms with van der Waals surface area (Å²) < 4.78 is 26.3. The van der Waals surface area contributed by atoms with Gasteiger partial charge in [-0.15, -0.1) is 0 Å². The number of likely N-dealkylation sites (N-methyl/N-ethyl adjacent to an activating group) is 1. The highest BCUT2D eigenvalue weighted by Crippen LogP contribution is 2.35. The second-order valence-corrected chi connectivity index (χ2v) is 8.76. The summed E-state index contributed by atoms with van der Waals surface area (Å²) in [5.41, 5.74) is 0.149. The Labute approximate surface area is 162 Å². The number of nitrogens with one attached hydrogen (secondary N) is 1. The molecular weight excluding hydrogens is 380 g/mol. The van der Waals surface area contributed by atoms with Crippen molar-refractivity contribution in [1.82, 2.24) is 9.62 Å². The fourth-order valence-electron chi connectivity index (χ4n) is 3.12. The van der Waals surface area contributed by atoms with E-state index in [4.69, 9.17) is 0 Å². The highest BCUT2D eigenvalue weighted by Gasteiger charge is 2.38. The van der Waals surface area contributed by atoms with Crippen molar-refractivity contribution in [3.05, 3.63) is 70.9 Å². The molecule has 0 spiro atoms. The van der Waals surface area contributed by atoms with Gasteiger partial charge >= 0.3 is 0 Å². The zero-order chi connectivity index (χ0) is 20.1. The van der Waals surface area contributed by atoms with Crippen molar-refractivity contribution >= 4 is 27.5 Å². The molecule has 4 rings (SSSR count). The number of aliphatic hydroxyl groups is 1. The van der Waals surface area contributed by atoms with Gasteiger partial charge in [-0.25, -0.2) is 8.42 Å². The number of aliphatic hydroxyl groups excluding tert-OH is 1. The van der Waals surface area contributed by atoms with E-state index in [1.807, 2.05) is 0 Å². The quantitative estimate of drug-likeness (QED) is 0.770. The number of amides is 1. The van der Waals surface area contributed by atoms with Gasteiger partial charge in [-0.1, -0.05) is 24.3 Å². The summed E-state index contributed by atoms with van der Waals surface area (Å²) in [4.78, 5) is 25.3. The molecule has 0 atom stereocenters. The van der Waals surface area contributed by atoms with E-state index >= 15 is 0 Å². The number of carbonyl (C=O) groups excluding carboxylic acids is 2. The van der Waals surface area contributed by atoms with Crippen LogP contribution in [-0.2, 0) is 10.0 Å². The molecule has 144 valence electrons. The Morgan fingerprint density at radius 1 is 1.07 bits per heavy atom. The summed E-state index contributed by atoms with van der Waals surface area (Å²) in [7, 11) is -2.75. The molecule has 1 amide bonds. The minimum Gasteiger partial charge on any atom is -0.505 e. The maximum atomic E-state index is 13.1. The number of allylic oxidation sites excluding steroid dienone is 1. The van der Waals surface area contributed by atoms with Crippen LogP contribution in [0.1, 0.15) is 39.1 Å². The average Bonchev–Trinajstić information content (AvgIpc) is 3.51. The van der Waals surface area contributed by atoms with Gasteiger partial charge < -0.3 is 10.4 Å². The Morgan fingerprint density at radius 2 is 1.75 bits per heavy atom. The van der Waals surface area contributed by atoms with Crippen LogP contribution in [0.4, 0.5) is 0 Å². The molecule has 0 bridgehead atoms. The monoisotopic (exact) mass is 398 g/mol. The molecule has 8 heteroatoms. The standard InChI is InChI=1S/C20H18N2O5S/c1-22-17(19(24)15-7-2-3-8-16(15)28(22,26)27)18(23)12-5-4-6-13(11-12)20(25)21-14-9-10-14/h2-8,11,14,24H,9-10H2,1H3,(H,21,25). The molecule has 2 aromatic rings. The van der Waals surface area contributed by atoms with E-state index in [1.54, 1.807) is 24.3 Å². The Hall–Kier alpha value is -3.13. The van der Waals surface area contributed by atoms with Crippen LogP contribution >= 0.6 is 0 Å². The third kappa shape index (κ3) is 2.95. The molecule has 0 saturated heterocycles. The molecule has 0 aromatic heterocycles. The maximum Gasteiger partial charge on any atom is 0.265 e. The Balaban J connectivity index is 1.76. The number of Topliss-reactive ketones (excluding diaryl/α,β-unsaturated/α-hetero) is 1. The first-order valence-electron chi connectivity index (χ1n) is 8.78. The number of fused-ring (bicyclic) bond motifs is 1. The number of sulfonamides is 1. The predicted octanol–water partition coefficient (Wildman–Crippen LogP) is 2.32.